The molecule has 0 spiro atoms. The molecule has 3 heterocycles. The van der Waals surface area contributed by atoms with Gasteiger partial charge in [-0.15, -0.1) is 0 Å². The lowest BCUT2D eigenvalue weighted by molar-refractivity contribution is -0.246. The zero-order valence-electron chi connectivity index (χ0n) is 16.5. The molecule has 8 heteroatoms. The number of esters is 2. The number of carbonyl (C=O) groups is 2. The Labute approximate surface area is 165 Å². The van der Waals surface area contributed by atoms with Gasteiger partial charge in [0, 0.05) is 5.92 Å². The molecule has 28 heavy (non-hydrogen) atoms. The highest BCUT2D eigenvalue weighted by atomic mass is 16.7. The summed E-state index contributed by atoms with van der Waals surface area (Å²) in [6.45, 7) is 4.69. The molecule has 8 nitrogen and oxygen atoms in total. The lowest BCUT2D eigenvalue weighted by Crippen LogP contribution is -2.43. The molecule has 6 unspecified atom stereocenters. The van der Waals surface area contributed by atoms with Crippen LogP contribution in [0.5, 0.6) is 0 Å². The Morgan fingerprint density at radius 1 is 1.07 bits per heavy atom. The highest BCUT2D eigenvalue weighted by molar-refractivity contribution is 6.29. The minimum Gasteiger partial charge on any atom is -0.457 e. The van der Waals surface area contributed by atoms with Gasteiger partial charge in [-0.05, 0) is 44.9 Å². The predicted octanol–water partition coefficient (Wildman–Crippen LogP) is 1.59. The summed E-state index contributed by atoms with van der Waals surface area (Å²) in [6, 6.07) is 0. The van der Waals surface area contributed by atoms with Crippen LogP contribution in [0, 0.1) is 11.8 Å². The largest absolute Gasteiger partial charge is 0.457 e. The summed E-state index contributed by atoms with van der Waals surface area (Å²) in [5.41, 5.74) is 0. The van der Waals surface area contributed by atoms with E-state index in [4.69, 9.17) is 28.4 Å². The van der Waals surface area contributed by atoms with E-state index in [1.807, 2.05) is 13.8 Å². The van der Waals surface area contributed by atoms with Gasteiger partial charge in [-0.2, -0.15) is 0 Å². The van der Waals surface area contributed by atoms with Crippen molar-refractivity contribution in [2.75, 3.05) is 19.8 Å². The molecule has 0 aromatic heterocycles. The van der Waals surface area contributed by atoms with Crippen molar-refractivity contribution in [1.29, 1.82) is 0 Å². The molecule has 4 aliphatic rings. The molecule has 6 atom stereocenters. The molecule has 0 radical (unpaired) electrons. The van der Waals surface area contributed by atoms with Crippen LogP contribution in [-0.4, -0.2) is 68.6 Å². The quantitative estimate of drug-likeness (QED) is 0.362. The van der Waals surface area contributed by atoms with E-state index < -0.39 is 18.0 Å². The number of hydrogen-bond acceptors (Lipinski definition) is 8. The highest BCUT2D eigenvalue weighted by Crippen LogP contribution is 2.41. The minimum absolute atomic E-state index is 0.180. The molecule has 4 rings (SSSR count). The van der Waals surface area contributed by atoms with Gasteiger partial charge in [-0.1, -0.05) is 6.92 Å². The van der Waals surface area contributed by atoms with Crippen molar-refractivity contribution in [2.24, 2.45) is 11.8 Å². The second-order valence-corrected chi connectivity index (χ2v) is 8.34. The fourth-order valence-electron chi connectivity index (χ4n) is 4.13. The molecule has 0 amide bonds. The third-order valence-corrected chi connectivity index (χ3v) is 6.19. The molecule has 1 saturated carbocycles. The third-order valence-electron chi connectivity index (χ3n) is 6.19. The van der Waals surface area contributed by atoms with Crippen molar-refractivity contribution >= 4 is 11.9 Å². The van der Waals surface area contributed by atoms with Crippen molar-refractivity contribution in [3.8, 4) is 0 Å². The first kappa shape index (κ1) is 20.1. The zero-order valence-corrected chi connectivity index (χ0v) is 16.5. The van der Waals surface area contributed by atoms with Crippen LogP contribution in [0.25, 0.3) is 0 Å². The lowest BCUT2D eigenvalue weighted by atomic mass is 9.88. The predicted molar refractivity (Wildman–Crippen MR) is 95.3 cm³/mol. The Morgan fingerprint density at radius 3 is 2.46 bits per heavy atom. The summed E-state index contributed by atoms with van der Waals surface area (Å²) in [5.74, 6) is -1.46. The van der Waals surface area contributed by atoms with E-state index in [2.05, 4.69) is 0 Å². The number of hydrogen-bond donors (Lipinski definition) is 0. The Morgan fingerprint density at radius 2 is 1.82 bits per heavy atom. The van der Waals surface area contributed by atoms with Crippen LogP contribution in [-0.2, 0) is 38.0 Å². The topological polar surface area (TPSA) is 96.1 Å². The summed E-state index contributed by atoms with van der Waals surface area (Å²) < 4.78 is 32.7. The second-order valence-electron chi connectivity index (χ2n) is 8.34. The Balaban J connectivity index is 1.13. The summed E-state index contributed by atoms with van der Waals surface area (Å²) in [7, 11) is 0. The van der Waals surface area contributed by atoms with E-state index in [0.29, 0.717) is 18.1 Å². The Kier molecular flexibility index (Phi) is 6.20. The van der Waals surface area contributed by atoms with Gasteiger partial charge in [0.25, 0.3) is 0 Å². The first-order chi connectivity index (χ1) is 13.5. The normalized spacial score (nSPS) is 40.1. The standard InChI is InChI=1S/C20H30O8/c1-3-12(6-16-11(2)26-16)8-23-18(21)19(22)27-14-9-24-20(25-10-14)13-4-5-15-17(7-13)28-15/h11-17,20H,3-10H2,1-2H3. The molecule has 3 saturated heterocycles. The van der Waals surface area contributed by atoms with Crippen LogP contribution < -0.4 is 0 Å². The monoisotopic (exact) mass is 398 g/mol. The summed E-state index contributed by atoms with van der Waals surface area (Å²) in [6.07, 6.45) is 5.14. The Hall–Kier alpha value is -1.22. The summed E-state index contributed by atoms with van der Waals surface area (Å²) in [4.78, 5) is 23.9. The summed E-state index contributed by atoms with van der Waals surface area (Å²) in [5, 5.41) is 0. The number of ether oxygens (including phenoxy) is 6. The van der Waals surface area contributed by atoms with Gasteiger partial charge in [0.1, 0.15) is 6.10 Å². The van der Waals surface area contributed by atoms with Crippen LogP contribution >= 0.6 is 0 Å². The summed E-state index contributed by atoms with van der Waals surface area (Å²) >= 11 is 0. The average molecular weight is 398 g/mol. The number of fused-ring (bicyclic) bond motifs is 1. The van der Waals surface area contributed by atoms with Crippen LogP contribution in [0.4, 0.5) is 0 Å². The fraction of sp³-hybridized carbons (Fsp3) is 0.900. The SMILES string of the molecule is CCC(COC(=O)C(=O)OC1COC(C2CCC3OC3C2)OC1)CC1OC1C. The van der Waals surface area contributed by atoms with Crippen molar-refractivity contribution < 1.29 is 38.0 Å². The van der Waals surface area contributed by atoms with E-state index >= 15 is 0 Å². The molecular formula is C20H30O8. The fourth-order valence-corrected chi connectivity index (χ4v) is 4.13. The molecule has 0 bridgehead atoms. The van der Waals surface area contributed by atoms with Gasteiger partial charge >= 0.3 is 11.9 Å². The van der Waals surface area contributed by atoms with E-state index in [0.717, 1.165) is 32.1 Å². The third kappa shape index (κ3) is 5.03. The molecule has 0 N–H and O–H groups in total. The van der Waals surface area contributed by atoms with Crippen molar-refractivity contribution in [2.45, 2.75) is 82.8 Å². The van der Waals surface area contributed by atoms with Gasteiger partial charge in [0.05, 0.1) is 44.2 Å². The second kappa shape index (κ2) is 8.65. The van der Waals surface area contributed by atoms with Crippen molar-refractivity contribution in [1.82, 2.24) is 0 Å². The van der Waals surface area contributed by atoms with Crippen molar-refractivity contribution in [3.05, 3.63) is 0 Å². The van der Waals surface area contributed by atoms with Crippen LogP contribution in [0.3, 0.4) is 0 Å². The average Bonchev–Trinajstić information content (AvgIpc) is 3.62. The molecule has 0 aromatic carbocycles. The smallest absolute Gasteiger partial charge is 0.417 e. The lowest BCUT2D eigenvalue weighted by Gasteiger charge is -2.34. The minimum atomic E-state index is -0.992. The van der Waals surface area contributed by atoms with E-state index in [1.165, 1.54) is 0 Å². The molecule has 4 fully saturated rings. The van der Waals surface area contributed by atoms with Gasteiger partial charge in [0.15, 0.2) is 6.29 Å². The number of carbonyl (C=O) groups excluding carboxylic acids is 2. The maximum absolute atomic E-state index is 12.0. The van der Waals surface area contributed by atoms with E-state index in [9.17, 15) is 9.59 Å². The first-order valence-electron chi connectivity index (χ1n) is 10.4. The molecular weight excluding hydrogens is 368 g/mol. The Bertz CT molecular complexity index is 573. The van der Waals surface area contributed by atoms with Crippen LogP contribution in [0.2, 0.25) is 0 Å². The van der Waals surface area contributed by atoms with Gasteiger partial charge < -0.3 is 28.4 Å². The molecule has 0 aromatic rings. The molecule has 158 valence electrons. The van der Waals surface area contributed by atoms with Crippen molar-refractivity contribution in [3.63, 3.8) is 0 Å². The van der Waals surface area contributed by atoms with Gasteiger partial charge in [-0.3, -0.25) is 0 Å². The first-order valence-corrected chi connectivity index (χ1v) is 10.4. The maximum Gasteiger partial charge on any atom is 0.417 e. The molecule has 1 aliphatic carbocycles. The highest BCUT2D eigenvalue weighted by Gasteiger charge is 2.47. The van der Waals surface area contributed by atoms with Crippen LogP contribution in [0.15, 0.2) is 0 Å². The number of rotatable bonds is 7. The van der Waals surface area contributed by atoms with E-state index in [-0.39, 0.29) is 44.2 Å². The maximum atomic E-state index is 12.0. The number of epoxide rings is 2. The van der Waals surface area contributed by atoms with Gasteiger partial charge in [-0.25, -0.2) is 9.59 Å². The zero-order chi connectivity index (χ0) is 19.7. The van der Waals surface area contributed by atoms with Crippen LogP contribution in [0.1, 0.15) is 46.0 Å². The van der Waals surface area contributed by atoms with E-state index in [1.54, 1.807) is 0 Å². The van der Waals surface area contributed by atoms with Gasteiger partial charge in [0.2, 0.25) is 0 Å². The molecule has 3 aliphatic heterocycles.